The molecule has 1 N–H and O–H groups in total. The molecule has 1 aromatic carbocycles. The maximum Gasteiger partial charge on any atom is 0.325 e. The van der Waals surface area contributed by atoms with Crippen LogP contribution in [0, 0.1) is 0 Å². The lowest BCUT2D eigenvalue weighted by Gasteiger charge is -2.37. The predicted molar refractivity (Wildman–Crippen MR) is 105 cm³/mol. The molecule has 8 nitrogen and oxygen atoms in total. The number of rotatable bonds is 6. The molecule has 3 rings (SSSR count). The number of nitrogens with zero attached hydrogens (tertiary/aromatic N) is 3. The van der Waals surface area contributed by atoms with Gasteiger partial charge in [-0.05, 0) is 25.0 Å². The first-order valence-corrected chi connectivity index (χ1v) is 9.75. The number of carbonyl (C=O) groups excluding carboxylic acids is 3. The average Bonchev–Trinajstić information content (AvgIpc) is 2.98. The summed E-state index contributed by atoms with van der Waals surface area (Å²) >= 11 is 0. The van der Waals surface area contributed by atoms with E-state index in [2.05, 4.69) is 10.2 Å². The van der Waals surface area contributed by atoms with Crippen LogP contribution in [0.25, 0.3) is 0 Å². The highest BCUT2D eigenvalue weighted by Crippen LogP contribution is 2.28. The number of nitrogens with one attached hydrogen (secondary N) is 1. The van der Waals surface area contributed by atoms with Gasteiger partial charge in [0.1, 0.15) is 17.8 Å². The summed E-state index contributed by atoms with van der Waals surface area (Å²) in [6.45, 7) is 5.93. The van der Waals surface area contributed by atoms with E-state index in [4.69, 9.17) is 4.74 Å². The van der Waals surface area contributed by atoms with Crippen LogP contribution in [-0.2, 0) is 9.59 Å². The number of piperazine rings is 1. The maximum absolute atomic E-state index is 12.7. The molecule has 4 amide bonds. The fourth-order valence-corrected chi connectivity index (χ4v) is 3.87. The van der Waals surface area contributed by atoms with Crippen molar-refractivity contribution in [3.05, 3.63) is 24.3 Å². The molecule has 152 valence electrons. The summed E-state index contributed by atoms with van der Waals surface area (Å²) in [5, 5.41) is 2.76. The van der Waals surface area contributed by atoms with Crippen molar-refractivity contribution in [2.45, 2.75) is 32.2 Å². The monoisotopic (exact) mass is 388 g/mol. The van der Waals surface area contributed by atoms with Crippen molar-refractivity contribution in [1.82, 2.24) is 15.1 Å². The fraction of sp³-hybridized carbons (Fsp3) is 0.550. The van der Waals surface area contributed by atoms with Gasteiger partial charge in [-0.3, -0.25) is 14.5 Å². The lowest BCUT2D eigenvalue weighted by molar-refractivity contribution is -0.139. The molecule has 2 aliphatic heterocycles. The number of ether oxygens (including phenoxy) is 1. The Kier molecular flexibility index (Phi) is 5.76. The summed E-state index contributed by atoms with van der Waals surface area (Å²) in [4.78, 5) is 42.6. The van der Waals surface area contributed by atoms with Gasteiger partial charge >= 0.3 is 6.03 Å². The van der Waals surface area contributed by atoms with Gasteiger partial charge in [0.25, 0.3) is 5.91 Å². The first-order chi connectivity index (χ1) is 13.5. The van der Waals surface area contributed by atoms with Gasteiger partial charge in [-0.15, -0.1) is 0 Å². The fourth-order valence-electron chi connectivity index (χ4n) is 3.87. The van der Waals surface area contributed by atoms with E-state index < -0.39 is 11.6 Å². The molecule has 0 radical (unpaired) electrons. The van der Waals surface area contributed by atoms with Crippen molar-refractivity contribution in [1.29, 1.82) is 0 Å². The SMILES string of the molecule is CCC1(CC)NC(=O)N(CC(=O)N2CCN(c3ccccc3OC)CC2)C1=O. The smallest absolute Gasteiger partial charge is 0.325 e. The lowest BCUT2D eigenvalue weighted by atomic mass is 9.93. The van der Waals surface area contributed by atoms with Crippen LogP contribution in [0.4, 0.5) is 10.5 Å². The van der Waals surface area contributed by atoms with Gasteiger partial charge in [0.05, 0.1) is 12.8 Å². The van der Waals surface area contributed by atoms with Crippen molar-refractivity contribution in [3.63, 3.8) is 0 Å². The molecule has 28 heavy (non-hydrogen) atoms. The molecule has 2 fully saturated rings. The number of methoxy groups -OCH3 is 1. The summed E-state index contributed by atoms with van der Waals surface area (Å²) in [6, 6.07) is 7.32. The molecule has 2 heterocycles. The van der Waals surface area contributed by atoms with E-state index in [-0.39, 0.29) is 18.4 Å². The Balaban J connectivity index is 1.60. The molecule has 8 heteroatoms. The molecular weight excluding hydrogens is 360 g/mol. The van der Waals surface area contributed by atoms with E-state index in [9.17, 15) is 14.4 Å². The Morgan fingerprint density at radius 3 is 2.32 bits per heavy atom. The average molecular weight is 388 g/mol. The Bertz CT molecular complexity index is 754. The van der Waals surface area contributed by atoms with Gasteiger partial charge in [0.15, 0.2) is 0 Å². The minimum Gasteiger partial charge on any atom is -0.495 e. The highest BCUT2D eigenvalue weighted by Gasteiger charge is 2.49. The third-order valence-corrected chi connectivity index (χ3v) is 5.80. The standard InChI is InChI=1S/C20H28N4O4/c1-4-20(5-2)18(26)24(19(27)21-20)14-17(25)23-12-10-22(11-13-23)15-8-6-7-9-16(15)28-3/h6-9H,4-5,10-14H2,1-3H3,(H,21,27). The van der Waals surface area contributed by atoms with Gasteiger partial charge in [0.2, 0.25) is 5.91 Å². The Hall–Kier alpha value is -2.77. The van der Waals surface area contributed by atoms with Gasteiger partial charge in [-0.1, -0.05) is 26.0 Å². The molecule has 0 saturated carbocycles. The number of urea groups is 1. The highest BCUT2D eigenvalue weighted by molar-refractivity contribution is 6.09. The Labute approximate surface area is 165 Å². The minimum atomic E-state index is -0.875. The first kappa shape index (κ1) is 20.0. The number of hydrogen-bond acceptors (Lipinski definition) is 5. The summed E-state index contributed by atoms with van der Waals surface area (Å²) in [5.74, 6) is 0.298. The van der Waals surface area contributed by atoms with Crippen LogP contribution < -0.4 is 15.0 Å². The number of anilines is 1. The van der Waals surface area contributed by atoms with Gasteiger partial charge in [-0.2, -0.15) is 0 Å². The van der Waals surface area contributed by atoms with Gasteiger partial charge in [0, 0.05) is 26.2 Å². The molecule has 0 bridgehead atoms. The number of imide groups is 1. The zero-order chi connectivity index (χ0) is 20.3. The number of hydrogen-bond donors (Lipinski definition) is 1. The summed E-state index contributed by atoms with van der Waals surface area (Å²) in [5.41, 5.74) is 0.127. The van der Waals surface area contributed by atoms with Crippen molar-refractivity contribution in [3.8, 4) is 5.75 Å². The molecule has 1 aromatic rings. The van der Waals surface area contributed by atoms with Gasteiger partial charge in [-0.25, -0.2) is 4.79 Å². The largest absolute Gasteiger partial charge is 0.495 e. The molecule has 0 unspecified atom stereocenters. The van der Waals surface area contributed by atoms with E-state index in [0.29, 0.717) is 39.0 Å². The van der Waals surface area contributed by atoms with E-state index in [1.54, 1.807) is 12.0 Å². The van der Waals surface area contributed by atoms with E-state index >= 15 is 0 Å². The van der Waals surface area contributed by atoms with E-state index in [1.165, 1.54) is 0 Å². The van der Waals surface area contributed by atoms with Crippen LogP contribution in [0.15, 0.2) is 24.3 Å². The van der Waals surface area contributed by atoms with Crippen LogP contribution in [-0.4, -0.2) is 73.0 Å². The van der Waals surface area contributed by atoms with Crippen LogP contribution in [0.2, 0.25) is 0 Å². The first-order valence-electron chi connectivity index (χ1n) is 9.75. The maximum atomic E-state index is 12.7. The van der Waals surface area contributed by atoms with Crippen molar-refractivity contribution >= 4 is 23.5 Å². The summed E-state index contributed by atoms with van der Waals surface area (Å²) in [6.07, 6.45) is 1.02. The molecule has 0 atom stereocenters. The van der Waals surface area contributed by atoms with Gasteiger partial charge < -0.3 is 19.9 Å². The second-order valence-electron chi connectivity index (χ2n) is 7.15. The summed E-state index contributed by atoms with van der Waals surface area (Å²) in [7, 11) is 1.64. The molecule has 0 aromatic heterocycles. The summed E-state index contributed by atoms with van der Waals surface area (Å²) < 4.78 is 5.42. The van der Waals surface area contributed by atoms with Crippen LogP contribution in [0.1, 0.15) is 26.7 Å². The lowest BCUT2D eigenvalue weighted by Crippen LogP contribution is -2.52. The quantitative estimate of drug-likeness (QED) is 0.746. The minimum absolute atomic E-state index is 0.203. The van der Waals surface area contributed by atoms with Crippen molar-refractivity contribution < 1.29 is 19.1 Å². The second-order valence-corrected chi connectivity index (χ2v) is 7.15. The van der Waals surface area contributed by atoms with E-state index in [1.807, 2.05) is 38.1 Å². The predicted octanol–water partition coefficient (Wildman–Crippen LogP) is 1.45. The zero-order valence-corrected chi connectivity index (χ0v) is 16.7. The third-order valence-electron chi connectivity index (χ3n) is 5.80. The van der Waals surface area contributed by atoms with Crippen molar-refractivity contribution in [2.75, 3.05) is 44.7 Å². The molecule has 0 aliphatic carbocycles. The Morgan fingerprint density at radius 1 is 1.11 bits per heavy atom. The zero-order valence-electron chi connectivity index (χ0n) is 16.7. The molecule has 2 saturated heterocycles. The Morgan fingerprint density at radius 2 is 1.75 bits per heavy atom. The topological polar surface area (TPSA) is 82.2 Å². The van der Waals surface area contributed by atoms with Crippen molar-refractivity contribution in [2.24, 2.45) is 0 Å². The normalized spacial score (nSPS) is 19.0. The third kappa shape index (κ3) is 3.50. The molecule has 2 aliphatic rings. The van der Waals surface area contributed by atoms with Crippen LogP contribution in [0.5, 0.6) is 5.75 Å². The highest BCUT2D eigenvalue weighted by atomic mass is 16.5. The number of carbonyl (C=O) groups is 3. The number of para-hydroxylation sites is 2. The molecular formula is C20H28N4O4. The van der Waals surface area contributed by atoms with E-state index in [0.717, 1.165) is 16.3 Å². The van der Waals surface area contributed by atoms with Crippen LogP contribution >= 0.6 is 0 Å². The second kappa shape index (κ2) is 8.08. The van der Waals surface area contributed by atoms with Crippen LogP contribution in [0.3, 0.4) is 0 Å². The number of amides is 4. The number of benzene rings is 1. The molecule has 0 spiro atoms.